The zero-order valence-electron chi connectivity index (χ0n) is 5.97. The molecule has 0 atom stereocenters. The van der Waals surface area contributed by atoms with Gasteiger partial charge in [-0.05, 0) is 0 Å². The predicted molar refractivity (Wildman–Crippen MR) is 38.5 cm³/mol. The summed E-state index contributed by atoms with van der Waals surface area (Å²) in [4.78, 5) is 0. The van der Waals surface area contributed by atoms with E-state index >= 15 is 0 Å². The van der Waals surface area contributed by atoms with Crippen molar-refractivity contribution in [2.75, 3.05) is 0 Å². The third-order valence-corrected chi connectivity index (χ3v) is 1.31. The minimum absolute atomic E-state index is 0.120. The fourth-order valence-corrected chi connectivity index (χ4v) is 0.818. The third-order valence-electron chi connectivity index (χ3n) is 1.31. The molecule has 2 radical (unpaired) electrons. The molecule has 0 aliphatic carbocycles. The predicted octanol–water partition coefficient (Wildman–Crippen LogP) is 1.48. The SMILES string of the molecule is [B]n1ncc(C=C)c1C(F)(F)F. The Morgan fingerprint density at radius 3 is 2.50 bits per heavy atom. The summed E-state index contributed by atoms with van der Waals surface area (Å²) in [7, 11) is 4.94. The first kappa shape index (κ1) is 8.90. The molecule has 0 aliphatic rings. The molecule has 1 aromatic rings. The van der Waals surface area contributed by atoms with Gasteiger partial charge in [-0.25, -0.2) is 0 Å². The Labute approximate surface area is 68.1 Å². The average molecular weight is 172 g/mol. The molecule has 0 saturated carbocycles. The molecule has 0 bridgehead atoms. The Balaban J connectivity index is 3.28. The van der Waals surface area contributed by atoms with E-state index in [1.54, 1.807) is 0 Å². The highest BCUT2D eigenvalue weighted by molar-refractivity contribution is 6.06. The molecule has 0 amide bonds. The number of aromatic nitrogens is 2. The molecule has 0 N–H and O–H groups in total. The first-order chi connectivity index (χ1) is 5.46. The van der Waals surface area contributed by atoms with E-state index in [9.17, 15) is 13.2 Å². The highest BCUT2D eigenvalue weighted by atomic mass is 19.4. The van der Waals surface area contributed by atoms with Crippen LogP contribution in [0.4, 0.5) is 13.2 Å². The standard InChI is InChI=1S/C6H4BF3N2/c1-2-4-3-11-12(7)5(4)6(8,9)10/h2-3H,1H2. The van der Waals surface area contributed by atoms with E-state index in [2.05, 4.69) is 11.7 Å². The van der Waals surface area contributed by atoms with Crippen molar-refractivity contribution in [1.82, 2.24) is 9.69 Å². The second-order valence-corrected chi connectivity index (χ2v) is 2.09. The second-order valence-electron chi connectivity index (χ2n) is 2.09. The zero-order chi connectivity index (χ0) is 9.35. The van der Waals surface area contributed by atoms with E-state index in [1.807, 2.05) is 0 Å². The quantitative estimate of drug-likeness (QED) is 0.586. The first-order valence-electron chi connectivity index (χ1n) is 2.99. The van der Waals surface area contributed by atoms with Crippen molar-refractivity contribution < 1.29 is 13.2 Å². The van der Waals surface area contributed by atoms with Crippen molar-refractivity contribution in [3.8, 4) is 0 Å². The molecule has 1 aromatic heterocycles. The molecular weight excluding hydrogens is 168 g/mol. The van der Waals surface area contributed by atoms with Crippen molar-refractivity contribution in [2.24, 2.45) is 0 Å². The molecular formula is C6H4BF3N2. The lowest BCUT2D eigenvalue weighted by Crippen LogP contribution is -2.14. The van der Waals surface area contributed by atoms with Crippen LogP contribution in [0.1, 0.15) is 11.3 Å². The summed E-state index contributed by atoms with van der Waals surface area (Å²) in [6.07, 6.45) is -2.43. The van der Waals surface area contributed by atoms with Gasteiger partial charge in [0, 0.05) is 5.56 Å². The maximum absolute atomic E-state index is 12.1. The number of nitrogens with zero attached hydrogens (tertiary/aromatic N) is 2. The maximum Gasteiger partial charge on any atom is 0.432 e. The van der Waals surface area contributed by atoms with E-state index < -0.39 is 11.9 Å². The molecule has 0 unspecified atom stereocenters. The van der Waals surface area contributed by atoms with Gasteiger partial charge < -0.3 is 4.59 Å². The van der Waals surface area contributed by atoms with Gasteiger partial charge in [-0.3, -0.25) is 0 Å². The van der Waals surface area contributed by atoms with Gasteiger partial charge in [-0.15, -0.1) is 0 Å². The Morgan fingerprint density at radius 2 is 2.17 bits per heavy atom. The first-order valence-corrected chi connectivity index (χ1v) is 2.99. The Bertz CT molecular complexity index is 302. The number of rotatable bonds is 1. The zero-order valence-corrected chi connectivity index (χ0v) is 5.97. The second kappa shape index (κ2) is 2.69. The molecule has 1 heterocycles. The van der Waals surface area contributed by atoms with Crippen LogP contribution >= 0.6 is 0 Å². The van der Waals surface area contributed by atoms with Crippen LogP contribution in [0, 0.1) is 0 Å². The lowest BCUT2D eigenvalue weighted by Gasteiger charge is -2.07. The van der Waals surface area contributed by atoms with Crippen molar-refractivity contribution >= 4 is 14.1 Å². The van der Waals surface area contributed by atoms with Gasteiger partial charge in [-0.2, -0.15) is 18.3 Å². The van der Waals surface area contributed by atoms with Gasteiger partial charge in [0.1, 0.15) is 5.69 Å². The third kappa shape index (κ3) is 1.37. The van der Waals surface area contributed by atoms with Gasteiger partial charge in [0.15, 0.2) is 0 Å². The molecule has 12 heavy (non-hydrogen) atoms. The van der Waals surface area contributed by atoms with Crippen LogP contribution in [-0.4, -0.2) is 17.7 Å². The monoisotopic (exact) mass is 172 g/mol. The Hall–Kier alpha value is -1.20. The Morgan fingerprint density at radius 1 is 1.58 bits per heavy atom. The largest absolute Gasteiger partial charge is 0.432 e. The van der Waals surface area contributed by atoms with Gasteiger partial charge in [0.05, 0.1) is 6.20 Å². The number of hydrogen-bond acceptors (Lipinski definition) is 1. The summed E-state index contributed by atoms with van der Waals surface area (Å²) in [5.41, 5.74) is -1.11. The molecule has 0 aliphatic heterocycles. The van der Waals surface area contributed by atoms with E-state index in [-0.39, 0.29) is 10.2 Å². The Kier molecular flexibility index (Phi) is 2.00. The van der Waals surface area contributed by atoms with Crippen molar-refractivity contribution in [3.63, 3.8) is 0 Å². The number of hydrogen-bond donors (Lipinski definition) is 0. The fraction of sp³-hybridized carbons (Fsp3) is 0.167. The van der Waals surface area contributed by atoms with Crippen LogP contribution in [-0.2, 0) is 6.18 Å². The number of halogens is 3. The van der Waals surface area contributed by atoms with Crippen LogP contribution in [0.3, 0.4) is 0 Å². The van der Waals surface area contributed by atoms with Crippen LogP contribution < -0.4 is 0 Å². The summed E-state index contributed by atoms with van der Waals surface area (Å²) in [5, 5.41) is 3.26. The van der Waals surface area contributed by atoms with Crippen molar-refractivity contribution in [1.29, 1.82) is 0 Å². The summed E-state index contributed by atoms with van der Waals surface area (Å²) in [6, 6.07) is 0. The van der Waals surface area contributed by atoms with Crippen LogP contribution in [0.5, 0.6) is 0 Å². The highest BCUT2D eigenvalue weighted by Gasteiger charge is 2.35. The molecule has 6 heteroatoms. The van der Waals surface area contributed by atoms with Crippen LogP contribution in [0.15, 0.2) is 12.8 Å². The average Bonchev–Trinajstić information content (AvgIpc) is 2.29. The summed E-state index contributed by atoms with van der Waals surface area (Å²) >= 11 is 0. The molecule has 0 saturated heterocycles. The molecule has 1 rings (SSSR count). The van der Waals surface area contributed by atoms with E-state index in [0.29, 0.717) is 0 Å². The molecule has 2 nitrogen and oxygen atoms in total. The highest BCUT2D eigenvalue weighted by Crippen LogP contribution is 2.31. The van der Waals surface area contributed by atoms with E-state index in [1.165, 1.54) is 0 Å². The summed E-state index contributed by atoms with van der Waals surface area (Å²) < 4.78 is 36.7. The van der Waals surface area contributed by atoms with Gasteiger partial charge in [0.25, 0.3) is 7.98 Å². The molecule has 0 fully saturated rings. The number of alkyl halides is 3. The van der Waals surface area contributed by atoms with Crippen molar-refractivity contribution in [3.05, 3.63) is 24.0 Å². The normalized spacial score (nSPS) is 11.6. The summed E-state index contributed by atoms with van der Waals surface area (Å²) in [5.74, 6) is 0. The van der Waals surface area contributed by atoms with E-state index in [0.717, 1.165) is 12.3 Å². The van der Waals surface area contributed by atoms with Gasteiger partial charge in [0.2, 0.25) is 0 Å². The van der Waals surface area contributed by atoms with Crippen LogP contribution in [0.2, 0.25) is 0 Å². The minimum Gasteiger partial charge on any atom is -0.320 e. The van der Waals surface area contributed by atoms with Gasteiger partial charge in [-0.1, -0.05) is 12.7 Å². The van der Waals surface area contributed by atoms with Crippen molar-refractivity contribution in [2.45, 2.75) is 6.18 Å². The smallest absolute Gasteiger partial charge is 0.320 e. The minimum atomic E-state index is -4.49. The lowest BCUT2D eigenvalue weighted by molar-refractivity contribution is -0.142. The maximum atomic E-state index is 12.1. The molecule has 0 spiro atoms. The van der Waals surface area contributed by atoms with Gasteiger partial charge >= 0.3 is 6.18 Å². The summed E-state index contributed by atoms with van der Waals surface area (Å²) in [6.45, 7) is 3.21. The van der Waals surface area contributed by atoms with E-state index in [4.69, 9.17) is 7.98 Å². The topological polar surface area (TPSA) is 17.8 Å². The molecule has 0 aromatic carbocycles. The van der Waals surface area contributed by atoms with Crippen LogP contribution in [0.25, 0.3) is 6.08 Å². The lowest BCUT2D eigenvalue weighted by atomic mass is 10.2. The molecule has 62 valence electrons. The fourth-order valence-electron chi connectivity index (χ4n) is 0.818.